The molecule has 0 saturated heterocycles. The first-order valence-electron chi connectivity index (χ1n) is 7.31. The molecule has 0 heterocycles. The molecule has 1 aromatic rings. The molecular weight excluding hydrogens is 252 g/mol. The SMILES string of the molecule is COc1ccc(C(=O)NCC2(CN)CCCCC2)cc1. The van der Waals surface area contributed by atoms with E-state index in [1.54, 1.807) is 31.4 Å². The standard InChI is InChI=1S/C16H24N2O2/c1-20-14-7-5-13(6-8-14)15(19)18-12-16(11-17)9-3-2-4-10-16/h5-8H,2-4,9-12,17H2,1H3,(H,18,19). The van der Waals surface area contributed by atoms with E-state index in [-0.39, 0.29) is 11.3 Å². The van der Waals surface area contributed by atoms with Gasteiger partial charge in [0.2, 0.25) is 0 Å². The second-order valence-electron chi connectivity index (χ2n) is 5.68. The predicted molar refractivity (Wildman–Crippen MR) is 79.9 cm³/mol. The van der Waals surface area contributed by atoms with E-state index in [0.29, 0.717) is 18.7 Å². The van der Waals surface area contributed by atoms with E-state index in [9.17, 15) is 4.79 Å². The third-order valence-electron chi connectivity index (χ3n) is 4.32. The fourth-order valence-corrected chi connectivity index (χ4v) is 2.87. The Kier molecular flexibility index (Phi) is 5.01. The van der Waals surface area contributed by atoms with Crippen molar-refractivity contribution >= 4 is 5.91 Å². The molecule has 0 atom stereocenters. The average Bonchev–Trinajstić information content (AvgIpc) is 2.53. The summed E-state index contributed by atoms with van der Waals surface area (Å²) >= 11 is 0. The van der Waals surface area contributed by atoms with Crippen molar-refractivity contribution in [2.75, 3.05) is 20.2 Å². The van der Waals surface area contributed by atoms with Gasteiger partial charge < -0.3 is 15.8 Å². The quantitative estimate of drug-likeness (QED) is 0.867. The highest BCUT2D eigenvalue weighted by Crippen LogP contribution is 2.34. The largest absolute Gasteiger partial charge is 0.497 e. The lowest BCUT2D eigenvalue weighted by atomic mass is 9.74. The van der Waals surface area contributed by atoms with E-state index in [2.05, 4.69) is 5.32 Å². The number of hydrogen-bond acceptors (Lipinski definition) is 3. The molecule has 0 aromatic heterocycles. The van der Waals surface area contributed by atoms with Crippen LogP contribution in [-0.4, -0.2) is 26.1 Å². The van der Waals surface area contributed by atoms with Crippen LogP contribution in [0.4, 0.5) is 0 Å². The number of amides is 1. The first-order chi connectivity index (χ1) is 9.69. The molecule has 1 aromatic carbocycles. The van der Waals surface area contributed by atoms with Crippen LogP contribution in [0.15, 0.2) is 24.3 Å². The van der Waals surface area contributed by atoms with Crippen LogP contribution in [0.2, 0.25) is 0 Å². The van der Waals surface area contributed by atoms with Crippen molar-refractivity contribution in [3.63, 3.8) is 0 Å². The Balaban J connectivity index is 1.93. The van der Waals surface area contributed by atoms with Crippen LogP contribution in [0.5, 0.6) is 5.75 Å². The minimum absolute atomic E-state index is 0.0361. The van der Waals surface area contributed by atoms with Gasteiger partial charge in [0, 0.05) is 12.1 Å². The first kappa shape index (κ1) is 14.9. The van der Waals surface area contributed by atoms with Crippen LogP contribution < -0.4 is 15.8 Å². The zero-order chi connectivity index (χ0) is 14.4. The van der Waals surface area contributed by atoms with Crippen molar-refractivity contribution in [1.82, 2.24) is 5.32 Å². The highest BCUT2D eigenvalue weighted by atomic mass is 16.5. The molecule has 2 rings (SSSR count). The topological polar surface area (TPSA) is 64.3 Å². The summed E-state index contributed by atoms with van der Waals surface area (Å²) in [4.78, 5) is 12.2. The summed E-state index contributed by atoms with van der Waals surface area (Å²) in [7, 11) is 1.61. The van der Waals surface area contributed by atoms with Gasteiger partial charge in [-0.3, -0.25) is 4.79 Å². The summed E-state index contributed by atoms with van der Waals surface area (Å²) < 4.78 is 5.09. The molecule has 0 bridgehead atoms. The van der Waals surface area contributed by atoms with Crippen LogP contribution in [0.3, 0.4) is 0 Å². The van der Waals surface area contributed by atoms with E-state index in [0.717, 1.165) is 18.6 Å². The summed E-state index contributed by atoms with van der Waals surface area (Å²) in [6.45, 7) is 1.32. The molecule has 1 aliphatic rings. The minimum atomic E-state index is -0.0361. The molecular formula is C16H24N2O2. The van der Waals surface area contributed by atoms with Gasteiger partial charge >= 0.3 is 0 Å². The maximum Gasteiger partial charge on any atom is 0.251 e. The fraction of sp³-hybridized carbons (Fsp3) is 0.562. The van der Waals surface area contributed by atoms with Gasteiger partial charge in [-0.2, -0.15) is 0 Å². The molecule has 110 valence electrons. The molecule has 3 N–H and O–H groups in total. The normalized spacial score (nSPS) is 17.5. The Morgan fingerprint density at radius 1 is 1.25 bits per heavy atom. The third-order valence-corrected chi connectivity index (χ3v) is 4.32. The number of benzene rings is 1. The Hall–Kier alpha value is -1.55. The first-order valence-corrected chi connectivity index (χ1v) is 7.31. The maximum absolute atomic E-state index is 12.2. The van der Waals surface area contributed by atoms with Crippen LogP contribution in [-0.2, 0) is 0 Å². The van der Waals surface area contributed by atoms with E-state index in [1.165, 1.54) is 19.3 Å². The van der Waals surface area contributed by atoms with Crippen molar-refractivity contribution < 1.29 is 9.53 Å². The van der Waals surface area contributed by atoms with Crippen LogP contribution >= 0.6 is 0 Å². The molecule has 1 fully saturated rings. The van der Waals surface area contributed by atoms with Crippen molar-refractivity contribution in [2.45, 2.75) is 32.1 Å². The van der Waals surface area contributed by atoms with Gasteiger partial charge in [-0.05, 0) is 49.1 Å². The smallest absolute Gasteiger partial charge is 0.251 e. The molecule has 20 heavy (non-hydrogen) atoms. The van der Waals surface area contributed by atoms with Gasteiger partial charge in [0.25, 0.3) is 5.91 Å². The second kappa shape index (κ2) is 6.75. The van der Waals surface area contributed by atoms with E-state index in [1.807, 2.05) is 0 Å². The highest BCUT2D eigenvalue weighted by molar-refractivity contribution is 5.94. The van der Waals surface area contributed by atoms with Crippen molar-refractivity contribution in [3.05, 3.63) is 29.8 Å². The lowest BCUT2D eigenvalue weighted by Crippen LogP contribution is -2.43. The molecule has 0 radical (unpaired) electrons. The van der Waals surface area contributed by atoms with Gasteiger partial charge in [0.1, 0.15) is 5.75 Å². The second-order valence-corrected chi connectivity index (χ2v) is 5.68. The summed E-state index contributed by atoms with van der Waals surface area (Å²) in [6.07, 6.45) is 5.96. The number of rotatable bonds is 5. The monoisotopic (exact) mass is 276 g/mol. The number of nitrogens with one attached hydrogen (secondary N) is 1. The van der Waals surface area contributed by atoms with E-state index < -0.39 is 0 Å². The minimum Gasteiger partial charge on any atom is -0.497 e. The number of hydrogen-bond donors (Lipinski definition) is 2. The van der Waals surface area contributed by atoms with Gasteiger partial charge in [0.15, 0.2) is 0 Å². The third kappa shape index (κ3) is 3.51. The summed E-state index contributed by atoms with van der Waals surface area (Å²) in [5.41, 5.74) is 6.69. The van der Waals surface area contributed by atoms with Crippen LogP contribution in [0.25, 0.3) is 0 Å². The molecule has 0 spiro atoms. The molecule has 1 amide bonds. The molecule has 0 unspecified atom stereocenters. The lowest BCUT2D eigenvalue weighted by Gasteiger charge is -2.36. The highest BCUT2D eigenvalue weighted by Gasteiger charge is 2.30. The summed E-state index contributed by atoms with van der Waals surface area (Å²) in [6, 6.07) is 7.16. The number of carbonyl (C=O) groups excluding carboxylic acids is 1. The number of nitrogens with two attached hydrogens (primary N) is 1. The molecule has 1 saturated carbocycles. The van der Waals surface area contributed by atoms with Crippen molar-refractivity contribution in [1.29, 1.82) is 0 Å². The number of carbonyl (C=O) groups is 1. The van der Waals surface area contributed by atoms with E-state index >= 15 is 0 Å². The maximum atomic E-state index is 12.2. The van der Waals surface area contributed by atoms with Crippen molar-refractivity contribution in [2.24, 2.45) is 11.1 Å². The zero-order valence-electron chi connectivity index (χ0n) is 12.2. The number of ether oxygens (including phenoxy) is 1. The fourth-order valence-electron chi connectivity index (χ4n) is 2.87. The molecule has 1 aliphatic carbocycles. The predicted octanol–water partition coefficient (Wildman–Crippen LogP) is 2.33. The molecule has 0 aliphatic heterocycles. The molecule has 4 heteroatoms. The Morgan fingerprint density at radius 2 is 1.90 bits per heavy atom. The van der Waals surface area contributed by atoms with Gasteiger partial charge in [-0.15, -0.1) is 0 Å². The Bertz CT molecular complexity index is 436. The van der Waals surface area contributed by atoms with Crippen molar-refractivity contribution in [3.8, 4) is 5.75 Å². The average molecular weight is 276 g/mol. The van der Waals surface area contributed by atoms with Gasteiger partial charge in [0.05, 0.1) is 7.11 Å². The summed E-state index contributed by atoms with van der Waals surface area (Å²) in [5, 5.41) is 3.04. The molecule has 4 nitrogen and oxygen atoms in total. The summed E-state index contributed by atoms with van der Waals surface area (Å²) in [5.74, 6) is 0.721. The van der Waals surface area contributed by atoms with Crippen LogP contribution in [0, 0.1) is 5.41 Å². The van der Waals surface area contributed by atoms with Crippen LogP contribution in [0.1, 0.15) is 42.5 Å². The van der Waals surface area contributed by atoms with Gasteiger partial charge in [-0.1, -0.05) is 19.3 Å². The zero-order valence-corrected chi connectivity index (χ0v) is 12.2. The van der Waals surface area contributed by atoms with Gasteiger partial charge in [-0.25, -0.2) is 0 Å². The number of methoxy groups -OCH3 is 1. The lowest BCUT2D eigenvalue weighted by molar-refractivity contribution is 0.0914. The Morgan fingerprint density at radius 3 is 2.45 bits per heavy atom. The van der Waals surface area contributed by atoms with E-state index in [4.69, 9.17) is 10.5 Å². The Labute approximate surface area is 120 Å².